The third kappa shape index (κ3) is 3.90. The monoisotopic (exact) mass is 240 g/mol. The Hall–Kier alpha value is -1.55. The second kappa shape index (κ2) is 5.51. The van der Waals surface area contributed by atoms with Crippen molar-refractivity contribution in [1.82, 2.24) is 0 Å². The molecule has 1 atom stereocenters. The predicted octanol–water partition coefficient (Wildman–Crippen LogP) is 2.21. The minimum absolute atomic E-state index is 0.133. The molecule has 1 aromatic carbocycles. The molecule has 0 unspecified atom stereocenters. The highest BCUT2D eigenvalue weighted by atomic mass is 35.5. The lowest BCUT2D eigenvalue weighted by molar-refractivity contribution is -0.116. The molecular weight excluding hydrogens is 228 g/mol. The minimum Gasteiger partial charge on any atom is -0.326 e. The summed E-state index contributed by atoms with van der Waals surface area (Å²) in [4.78, 5) is 22.0. The van der Waals surface area contributed by atoms with Gasteiger partial charge in [-0.3, -0.25) is 9.59 Å². The van der Waals surface area contributed by atoms with E-state index < -0.39 is 5.38 Å². The maximum Gasteiger partial charge on any atom is 0.242 e. The number of carbonyl (C=O) groups is 2. The molecule has 0 aliphatic heterocycles. The number of halogens is 1. The van der Waals surface area contributed by atoms with Crippen molar-refractivity contribution in [3.8, 4) is 0 Å². The quantitative estimate of drug-likeness (QED) is 0.796. The van der Waals surface area contributed by atoms with Crippen molar-refractivity contribution in [2.45, 2.75) is 19.2 Å². The normalized spacial score (nSPS) is 11.7. The number of anilines is 2. The Labute approximate surface area is 99.0 Å². The topological polar surface area (TPSA) is 58.2 Å². The van der Waals surface area contributed by atoms with Gasteiger partial charge in [-0.2, -0.15) is 0 Å². The van der Waals surface area contributed by atoms with Crippen LogP contribution in [0.2, 0.25) is 0 Å². The summed E-state index contributed by atoms with van der Waals surface area (Å²) < 4.78 is 0. The van der Waals surface area contributed by atoms with Crippen molar-refractivity contribution in [3.05, 3.63) is 24.3 Å². The average Bonchev–Trinajstić information content (AvgIpc) is 2.20. The largest absolute Gasteiger partial charge is 0.326 e. The fraction of sp³-hybridized carbons (Fsp3) is 0.273. The van der Waals surface area contributed by atoms with Gasteiger partial charge in [0.25, 0.3) is 0 Å². The van der Waals surface area contributed by atoms with Gasteiger partial charge < -0.3 is 10.6 Å². The molecule has 1 aromatic rings. The van der Waals surface area contributed by atoms with Crippen LogP contribution < -0.4 is 10.6 Å². The van der Waals surface area contributed by atoms with Crippen LogP contribution in [-0.2, 0) is 9.59 Å². The van der Waals surface area contributed by atoms with Crippen LogP contribution in [0.3, 0.4) is 0 Å². The first kappa shape index (κ1) is 12.5. The van der Waals surface area contributed by atoms with Gasteiger partial charge in [-0.25, -0.2) is 0 Å². The van der Waals surface area contributed by atoms with Gasteiger partial charge in [-0.1, -0.05) is 0 Å². The van der Waals surface area contributed by atoms with Crippen molar-refractivity contribution in [2.24, 2.45) is 0 Å². The minimum atomic E-state index is -0.574. The number of alkyl halides is 1. The fourth-order valence-electron chi connectivity index (χ4n) is 1.08. The summed E-state index contributed by atoms with van der Waals surface area (Å²) >= 11 is 5.61. The predicted molar refractivity (Wildman–Crippen MR) is 64.7 cm³/mol. The standard InChI is InChI=1S/C11H13ClN2O2/c1-7(12)11(16)14-10-5-3-9(4-6-10)13-8(2)15/h3-7H,1-2H3,(H,13,15)(H,14,16)/t7-/m1/s1. The number of rotatable bonds is 3. The summed E-state index contributed by atoms with van der Waals surface area (Å²) in [5.74, 6) is -0.389. The molecule has 2 N–H and O–H groups in total. The number of carbonyl (C=O) groups excluding carboxylic acids is 2. The number of amides is 2. The van der Waals surface area contributed by atoms with E-state index in [1.807, 2.05) is 0 Å². The number of hydrogen-bond acceptors (Lipinski definition) is 2. The first-order chi connectivity index (χ1) is 7.49. The second-order valence-corrected chi connectivity index (χ2v) is 4.02. The molecule has 0 fully saturated rings. The Morgan fingerprint density at radius 3 is 1.94 bits per heavy atom. The molecule has 0 heterocycles. The van der Waals surface area contributed by atoms with Crippen molar-refractivity contribution < 1.29 is 9.59 Å². The SMILES string of the molecule is CC(=O)Nc1ccc(NC(=O)[C@@H](C)Cl)cc1. The van der Waals surface area contributed by atoms with Gasteiger partial charge >= 0.3 is 0 Å². The van der Waals surface area contributed by atoms with Crippen LogP contribution in [0.4, 0.5) is 11.4 Å². The first-order valence-corrected chi connectivity index (χ1v) is 5.25. The molecule has 0 bridgehead atoms. The zero-order valence-electron chi connectivity index (χ0n) is 9.08. The van der Waals surface area contributed by atoms with Gasteiger partial charge in [0.1, 0.15) is 5.38 Å². The summed E-state index contributed by atoms with van der Waals surface area (Å²) in [6, 6.07) is 6.80. The maximum absolute atomic E-state index is 11.3. The van der Waals surface area contributed by atoms with Crippen LogP contribution in [0.1, 0.15) is 13.8 Å². The molecular formula is C11H13ClN2O2. The van der Waals surface area contributed by atoms with Gasteiger partial charge in [0.15, 0.2) is 0 Å². The summed E-state index contributed by atoms with van der Waals surface area (Å²) in [5.41, 5.74) is 1.33. The molecule has 86 valence electrons. The molecule has 0 aliphatic rings. The summed E-state index contributed by atoms with van der Waals surface area (Å²) in [5, 5.41) is 4.69. The Balaban J connectivity index is 2.64. The third-order valence-corrected chi connectivity index (χ3v) is 2.03. The van der Waals surface area contributed by atoms with Crippen molar-refractivity contribution in [3.63, 3.8) is 0 Å². The van der Waals surface area contributed by atoms with E-state index in [1.54, 1.807) is 31.2 Å². The lowest BCUT2D eigenvalue weighted by Crippen LogP contribution is -2.20. The number of benzene rings is 1. The summed E-state index contributed by atoms with van der Waals surface area (Å²) in [7, 11) is 0. The van der Waals surface area contributed by atoms with E-state index in [0.717, 1.165) is 0 Å². The molecule has 0 aromatic heterocycles. The Morgan fingerprint density at radius 1 is 1.12 bits per heavy atom. The Bertz CT molecular complexity index is 387. The summed E-state index contributed by atoms with van der Waals surface area (Å²) in [6.45, 7) is 3.04. The molecule has 4 nitrogen and oxygen atoms in total. The van der Waals surface area contributed by atoms with Gasteiger partial charge in [0.2, 0.25) is 11.8 Å². The van der Waals surface area contributed by atoms with Crippen molar-refractivity contribution in [1.29, 1.82) is 0 Å². The van der Waals surface area contributed by atoms with Crippen molar-refractivity contribution >= 4 is 34.8 Å². The van der Waals surface area contributed by atoms with Gasteiger partial charge in [0.05, 0.1) is 0 Å². The van der Waals surface area contributed by atoms with Crippen LogP contribution in [0.25, 0.3) is 0 Å². The maximum atomic E-state index is 11.3. The van der Waals surface area contributed by atoms with Crippen LogP contribution in [0, 0.1) is 0 Å². The molecule has 0 saturated heterocycles. The fourth-order valence-corrected chi connectivity index (χ4v) is 1.14. The Kier molecular flexibility index (Phi) is 4.31. The van der Waals surface area contributed by atoms with E-state index >= 15 is 0 Å². The van der Waals surface area contributed by atoms with E-state index in [4.69, 9.17) is 11.6 Å². The smallest absolute Gasteiger partial charge is 0.242 e. The lowest BCUT2D eigenvalue weighted by atomic mass is 10.2. The van der Waals surface area contributed by atoms with Crippen LogP contribution in [-0.4, -0.2) is 17.2 Å². The Morgan fingerprint density at radius 2 is 1.56 bits per heavy atom. The summed E-state index contributed by atoms with van der Waals surface area (Å²) in [6.07, 6.45) is 0. The molecule has 0 radical (unpaired) electrons. The second-order valence-electron chi connectivity index (χ2n) is 3.36. The van der Waals surface area contributed by atoms with Gasteiger partial charge in [-0.15, -0.1) is 11.6 Å². The number of nitrogens with one attached hydrogen (secondary N) is 2. The van der Waals surface area contributed by atoms with E-state index in [2.05, 4.69) is 10.6 Å². The molecule has 16 heavy (non-hydrogen) atoms. The van der Waals surface area contributed by atoms with E-state index in [9.17, 15) is 9.59 Å². The van der Waals surface area contributed by atoms with Crippen LogP contribution in [0.15, 0.2) is 24.3 Å². The zero-order chi connectivity index (χ0) is 12.1. The molecule has 5 heteroatoms. The third-order valence-electron chi connectivity index (χ3n) is 1.83. The van der Waals surface area contributed by atoms with E-state index in [-0.39, 0.29) is 11.8 Å². The van der Waals surface area contributed by atoms with E-state index in [1.165, 1.54) is 6.92 Å². The average molecular weight is 241 g/mol. The van der Waals surface area contributed by atoms with Crippen molar-refractivity contribution in [2.75, 3.05) is 10.6 Å². The van der Waals surface area contributed by atoms with Crippen LogP contribution in [0.5, 0.6) is 0 Å². The van der Waals surface area contributed by atoms with Gasteiger partial charge in [-0.05, 0) is 31.2 Å². The molecule has 0 spiro atoms. The first-order valence-electron chi connectivity index (χ1n) is 4.81. The highest BCUT2D eigenvalue weighted by molar-refractivity contribution is 6.32. The lowest BCUT2D eigenvalue weighted by Gasteiger charge is -2.07. The zero-order valence-corrected chi connectivity index (χ0v) is 9.84. The highest BCUT2D eigenvalue weighted by Gasteiger charge is 2.08. The van der Waals surface area contributed by atoms with E-state index in [0.29, 0.717) is 11.4 Å². The molecule has 1 rings (SSSR count). The van der Waals surface area contributed by atoms with Gasteiger partial charge in [0, 0.05) is 18.3 Å². The molecule has 0 aliphatic carbocycles. The number of hydrogen-bond donors (Lipinski definition) is 2. The molecule has 0 saturated carbocycles. The molecule has 2 amide bonds. The van der Waals surface area contributed by atoms with Crippen LogP contribution >= 0.6 is 11.6 Å². The highest BCUT2D eigenvalue weighted by Crippen LogP contribution is 2.14.